The number of rotatable bonds is 5. The number of alkyl halides is 3. The normalized spacial score (nSPS) is 26.8. The maximum atomic E-state index is 12.0. The van der Waals surface area contributed by atoms with Gasteiger partial charge in [-0.3, -0.25) is 0 Å². The minimum atomic E-state index is -4.25. The van der Waals surface area contributed by atoms with Gasteiger partial charge in [-0.2, -0.15) is 13.2 Å². The number of ether oxygens (including phenoxy) is 1. The molecule has 2 nitrogen and oxygen atoms in total. The summed E-state index contributed by atoms with van der Waals surface area (Å²) in [6.07, 6.45) is -0.753. The van der Waals surface area contributed by atoms with Crippen LogP contribution in [0.2, 0.25) is 0 Å². The molecule has 1 fully saturated rings. The Morgan fingerprint density at radius 3 is 2.52 bits per heavy atom. The van der Waals surface area contributed by atoms with Crippen LogP contribution in [0.3, 0.4) is 0 Å². The summed E-state index contributed by atoms with van der Waals surface area (Å²) in [4.78, 5) is 0. The Balaban J connectivity index is 1.81. The number of hydrogen-bond acceptors (Lipinski definition) is 2. The molecule has 0 amide bonds. The van der Waals surface area contributed by atoms with E-state index >= 15 is 0 Å². The number of halogens is 3. The molecule has 118 valence electrons. The molecule has 0 heterocycles. The summed E-state index contributed by atoms with van der Waals surface area (Å²) >= 11 is 0. The first-order valence-electron chi connectivity index (χ1n) is 7.41. The molecule has 0 bridgehead atoms. The first kappa shape index (κ1) is 16.3. The quantitative estimate of drug-likeness (QED) is 0.838. The van der Waals surface area contributed by atoms with Gasteiger partial charge in [0, 0.05) is 12.6 Å². The fourth-order valence-electron chi connectivity index (χ4n) is 3.07. The van der Waals surface area contributed by atoms with Crippen molar-refractivity contribution in [2.24, 2.45) is 11.7 Å². The lowest BCUT2D eigenvalue weighted by molar-refractivity contribution is -0.174. The Labute approximate surface area is 123 Å². The van der Waals surface area contributed by atoms with Crippen molar-refractivity contribution in [1.29, 1.82) is 0 Å². The standard InChI is InChI=1S/C16H22F3NO/c17-16(18,19)11-21-9-8-14-10-13(6-7-15(14)20)12-4-2-1-3-5-12/h1-5,13-15H,6-11,20H2. The van der Waals surface area contributed by atoms with E-state index in [-0.39, 0.29) is 18.6 Å². The van der Waals surface area contributed by atoms with E-state index in [9.17, 15) is 13.2 Å². The van der Waals surface area contributed by atoms with Gasteiger partial charge in [0.1, 0.15) is 6.61 Å². The molecule has 1 aromatic carbocycles. The zero-order valence-electron chi connectivity index (χ0n) is 12.0. The van der Waals surface area contributed by atoms with Gasteiger partial charge in [-0.25, -0.2) is 0 Å². The van der Waals surface area contributed by atoms with E-state index in [1.807, 2.05) is 18.2 Å². The van der Waals surface area contributed by atoms with E-state index < -0.39 is 12.8 Å². The van der Waals surface area contributed by atoms with Crippen molar-refractivity contribution in [1.82, 2.24) is 0 Å². The van der Waals surface area contributed by atoms with Crippen molar-refractivity contribution >= 4 is 0 Å². The Kier molecular flexibility index (Phi) is 5.65. The molecule has 0 saturated heterocycles. The maximum Gasteiger partial charge on any atom is 0.411 e. The molecule has 5 heteroatoms. The molecule has 0 aromatic heterocycles. The van der Waals surface area contributed by atoms with Crippen LogP contribution < -0.4 is 5.73 Å². The number of nitrogens with two attached hydrogens (primary N) is 1. The second kappa shape index (κ2) is 7.27. The first-order valence-corrected chi connectivity index (χ1v) is 7.41. The van der Waals surface area contributed by atoms with E-state index in [2.05, 4.69) is 12.1 Å². The van der Waals surface area contributed by atoms with Gasteiger partial charge in [0.25, 0.3) is 0 Å². The van der Waals surface area contributed by atoms with Crippen LogP contribution in [0.5, 0.6) is 0 Å². The van der Waals surface area contributed by atoms with Gasteiger partial charge in [-0.1, -0.05) is 30.3 Å². The van der Waals surface area contributed by atoms with E-state index in [1.165, 1.54) is 5.56 Å². The van der Waals surface area contributed by atoms with Gasteiger partial charge in [0.2, 0.25) is 0 Å². The Bertz CT molecular complexity index is 421. The molecule has 21 heavy (non-hydrogen) atoms. The molecule has 0 spiro atoms. The van der Waals surface area contributed by atoms with E-state index in [0.717, 1.165) is 19.3 Å². The van der Waals surface area contributed by atoms with Gasteiger partial charge in [0.05, 0.1) is 0 Å². The molecular weight excluding hydrogens is 279 g/mol. The van der Waals surface area contributed by atoms with E-state index in [1.54, 1.807) is 0 Å². The van der Waals surface area contributed by atoms with Crippen LogP contribution in [0.1, 0.15) is 37.2 Å². The van der Waals surface area contributed by atoms with Crippen LogP contribution in [0.25, 0.3) is 0 Å². The third-order valence-corrected chi connectivity index (χ3v) is 4.21. The van der Waals surface area contributed by atoms with Crippen LogP contribution in [-0.2, 0) is 4.74 Å². The molecule has 1 aromatic rings. The highest BCUT2D eigenvalue weighted by molar-refractivity contribution is 5.20. The van der Waals surface area contributed by atoms with Gasteiger partial charge in [-0.05, 0) is 43.1 Å². The monoisotopic (exact) mass is 301 g/mol. The smallest absolute Gasteiger partial charge is 0.372 e. The summed E-state index contributed by atoms with van der Waals surface area (Å²) < 4.78 is 40.8. The van der Waals surface area contributed by atoms with E-state index in [4.69, 9.17) is 10.5 Å². The molecule has 0 aliphatic heterocycles. The van der Waals surface area contributed by atoms with Gasteiger partial charge >= 0.3 is 6.18 Å². The Morgan fingerprint density at radius 1 is 1.14 bits per heavy atom. The molecule has 0 radical (unpaired) electrons. The SMILES string of the molecule is NC1CCC(c2ccccc2)CC1CCOCC(F)(F)F. The summed E-state index contributed by atoms with van der Waals surface area (Å²) in [6.45, 7) is -1.05. The average molecular weight is 301 g/mol. The lowest BCUT2D eigenvalue weighted by Crippen LogP contribution is -2.36. The number of hydrogen-bond donors (Lipinski definition) is 1. The maximum absolute atomic E-state index is 12.0. The minimum absolute atomic E-state index is 0.0689. The Hall–Kier alpha value is -1.07. The van der Waals surface area contributed by atoms with Gasteiger partial charge < -0.3 is 10.5 Å². The lowest BCUT2D eigenvalue weighted by atomic mass is 9.74. The topological polar surface area (TPSA) is 35.2 Å². The van der Waals surface area contributed by atoms with Crippen LogP contribution in [0, 0.1) is 5.92 Å². The van der Waals surface area contributed by atoms with Crippen molar-refractivity contribution in [3.8, 4) is 0 Å². The van der Waals surface area contributed by atoms with Gasteiger partial charge in [-0.15, -0.1) is 0 Å². The van der Waals surface area contributed by atoms with Crippen LogP contribution in [0.15, 0.2) is 30.3 Å². The van der Waals surface area contributed by atoms with Crippen molar-refractivity contribution in [2.45, 2.75) is 43.8 Å². The second-order valence-corrected chi connectivity index (χ2v) is 5.80. The average Bonchev–Trinajstić information content (AvgIpc) is 2.45. The summed E-state index contributed by atoms with van der Waals surface area (Å²) in [6, 6.07) is 10.3. The summed E-state index contributed by atoms with van der Waals surface area (Å²) in [5.41, 5.74) is 7.41. The third kappa shape index (κ3) is 5.32. The van der Waals surface area contributed by atoms with Crippen LogP contribution >= 0.6 is 0 Å². The first-order chi connectivity index (χ1) is 9.96. The zero-order chi connectivity index (χ0) is 15.3. The predicted octanol–water partition coefficient (Wildman–Crippen LogP) is 3.87. The number of benzene rings is 1. The van der Waals surface area contributed by atoms with Crippen molar-refractivity contribution in [3.63, 3.8) is 0 Å². The Morgan fingerprint density at radius 2 is 1.86 bits per heavy atom. The molecule has 2 rings (SSSR count). The van der Waals surface area contributed by atoms with Gasteiger partial charge in [0.15, 0.2) is 0 Å². The lowest BCUT2D eigenvalue weighted by Gasteiger charge is -2.34. The third-order valence-electron chi connectivity index (χ3n) is 4.21. The van der Waals surface area contributed by atoms with Crippen molar-refractivity contribution in [3.05, 3.63) is 35.9 Å². The molecule has 2 N–H and O–H groups in total. The van der Waals surface area contributed by atoms with E-state index in [0.29, 0.717) is 12.3 Å². The summed E-state index contributed by atoms with van der Waals surface area (Å²) in [7, 11) is 0. The fourth-order valence-corrected chi connectivity index (χ4v) is 3.07. The summed E-state index contributed by atoms with van der Waals surface area (Å²) in [5, 5.41) is 0. The molecular formula is C16H22F3NO. The zero-order valence-corrected chi connectivity index (χ0v) is 12.0. The highest BCUT2D eigenvalue weighted by Gasteiger charge is 2.30. The highest BCUT2D eigenvalue weighted by Crippen LogP contribution is 2.37. The predicted molar refractivity (Wildman–Crippen MR) is 76.0 cm³/mol. The molecule has 3 unspecified atom stereocenters. The molecule has 3 atom stereocenters. The van der Waals surface area contributed by atoms with Crippen molar-refractivity contribution in [2.75, 3.05) is 13.2 Å². The molecule has 1 aliphatic rings. The molecule has 1 aliphatic carbocycles. The van der Waals surface area contributed by atoms with Crippen LogP contribution in [0.4, 0.5) is 13.2 Å². The minimum Gasteiger partial charge on any atom is -0.372 e. The van der Waals surface area contributed by atoms with Crippen molar-refractivity contribution < 1.29 is 17.9 Å². The second-order valence-electron chi connectivity index (χ2n) is 5.80. The fraction of sp³-hybridized carbons (Fsp3) is 0.625. The summed E-state index contributed by atoms with van der Waals surface area (Å²) in [5.74, 6) is 0.691. The van der Waals surface area contributed by atoms with Crippen LogP contribution in [-0.4, -0.2) is 25.4 Å². The molecule has 1 saturated carbocycles. The largest absolute Gasteiger partial charge is 0.411 e. The highest BCUT2D eigenvalue weighted by atomic mass is 19.4.